The summed E-state index contributed by atoms with van der Waals surface area (Å²) in [5, 5.41) is 2.76. The van der Waals surface area contributed by atoms with Crippen molar-refractivity contribution in [3.05, 3.63) is 54.6 Å². The van der Waals surface area contributed by atoms with Gasteiger partial charge in [0.1, 0.15) is 6.61 Å². The first-order chi connectivity index (χ1) is 11.7. The lowest BCUT2D eigenvalue weighted by atomic mass is 10.3. The molecule has 0 aliphatic rings. The lowest BCUT2D eigenvalue weighted by Gasteiger charge is -2.11. The molecule has 2 aromatic rings. The molecule has 0 radical (unpaired) electrons. The van der Waals surface area contributed by atoms with E-state index in [0.29, 0.717) is 12.3 Å². The number of anilines is 1. The molecular formula is C18H19NO4S. The van der Waals surface area contributed by atoms with Crippen LogP contribution in [0.5, 0.6) is 0 Å². The van der Waals surface area contributed by atoms with Gasteiger partial charge in [0.25, 0.3) is 5.91 Å². The molecule has 0 bridgehead atoms. The van der Waals surface area contributed by atoms with Crippen LogP contribution in [0.25, 0.3) is 0 Å². The minimum Gasteiger partial charge on any atom is -0.454 e. The number of para-hydroxylation sites is 1. The fourth-order valence-electron chi connectivity index (χ4n) is 1.83. The van der Waals surface area contributed by atoms with E-state index in [-0.39, 0.29) is 19.1 Å². The average molecular weight is 345 g/mol. The number of hydrogen-bond acceptors (Lipinski definition) is 5. The monoisotopic (exact) mass is 345 g/mol. The highest BCUT2D eigenvalue weighted by Crippen LogP contribution is 2.33. The number of amides is 1. The molecule has 0 aliphatic heterocycles. The number of carbonyl (C=O) groups is 2. The van der Waals surface area contributed by atoms with Crippen molar-refractivity contribution < 1.29 is 19.1 Å². The van der Waals surface area contributed by atoms with Gasteiger partial charge in [-0.05, 0) is 31.2 Å². The second-order valence-corrected chi connectivity index (χ2v) is 5.87. The number of ether oxygens (including phenoxy) is 2. The first-order valence-electron chi connectivity index (χ1n) is 7.54. The maximum absolute atomic E-state index is 12.0. The van der Waals surface area contributed by atoms with Gasteiger partial charge in [0.15, 0.2) is 6.61 Å². The van der Waals surface area contributed by atoms with Gasteiger partial charge >= 0.3 is 5.97 Å². The summed E-state index contributed by atoms with van der Waals surface area (Å²) in [7, 11) is 0. The van der Waals surface area contributed by atoms with E-state index in [1.807, 2.05) is 54.6 Å². The summed E-state index contributed by atoms with van der Waals surface area (Å²) in [6.45, 7) is 1.72. The van der Waals surface area contributed by atoms with Gasteiger partial charge in [0.2, 0.25) is 0 Å². The van der Waals surface area contributed by atoms with Crippen LogP contribution in [0, 0.1) is 0 Å². The maximum atomic E-state index is 12.0. The highest BCUT2D eigenvalue weighted by molar-refractivity contribution is 7.99. The third kappa shape index (κ3) is 6.06. The molecule has 2 rings (SSSR count). The van der Waals surface area contributed by atoms with Gasteiger partial charge in [0.05, 0.1) is 5.69 Å². The second kappa shape index (κ2) is 9.75. The first kappa shape index (κ1) is 18.0. The van der Waals surface area contributed by atoms with Gasteiger partial charge in [0, 0.05) is 16.4 Å². The Labute approximate surface area is 145 Å². The van der Waals surface area contributed by atoms with Crippen LogP contribution in [-0.2, 0) is 19.1 Å². The molecule has 5 nitrogen and oxygen atoms in total. The Morgan fingerprint density at radius 3 is 2.46 bits per heavy atom. The van der Waals surface area contributed by atoms with Crippen LogP contribution in [0.2, 0.25) is 0 Å². The third-order valence-corrected chi connectivity index (χ3v) is 4.00. The Hall–Kier alpha value is -2.31. The molecule has 1 amide bonds. The van der Waals surface area contributed by atoms with Gasteiger partial charge < -0.3 is 14.8 Å². The Bertz CT molecular complexity index is 676. The zero-order valence-electron chi connectivity index (χ0n) is 13.4. The number of benzene rings is 2. The topological polar surface area (TPSA) is 64.6 Å². The minimum absolute atomic E-state index is 0.149. The fourth-order valence-corrected chi connectivity index (χ4v) is 2.76. The molecule has 6 heteroatoms. The number of nitrogens with one attached hydrogen (secondary N) is 1. The highest BCUT2D eigenvalue weighted by Gasteiger charge is 2.10. The highest BCUT2D eigenvalue weighted by atomic mass is 32.2. The van der Waals surface area contributed by atoms with Gasteiger partial charge in [-0.2, -0.15) is 0 Å². The number of carbonyl (C=O) groups excluding carboxylic acids is 2. The Morgan fingerprint density at radius 1 is 1.00 bits per heavy atom. The number of hydrogen-bond donors (Lipinski definition) is 1. The zero-order valence-corrected chi connectivity index (χ0v) is 14.2. The van der Waals surface area contributed by atoms with Crippen molar-refractivity contribution in [2.24, 2.45) is 0 Å². The van der Waals surface area contributed by atoms with Gasteiger partial charge in [-0.3, -0.25) is 4.79 Å². The summed E-state index contributed by atoms with van der Waals surface area (Å²) in [6.07, 6.45) is 0. The second-order valence-electron chi connectivity index (χ2n) is 4.76. The first-order valence-corrected chi connectivity index (χ1v) is 8.36. The summed E-state index contributed by atoms with van der Waals surface area (Å²) in [4.78, 5) is 25.3. The van der Waals surface area contributed by atoms with E-state index in [9.17, 15) is 9.59 Å². The molecule has 0 atom stereocenters. The number of rotatable bonds is 8. The lowest BCUT2D eigenvalue weighted by molar-refractivity contribution is -0.151. The van der Waals surface area contributed by atoms with E-state index < -0.39 is 5.97 Å². The molecule has 2 aromatic carbocycles. The standard InChI is InChI=1S/C18H19NO4S/c1-2-22-13-18(21)23-12-17(20)19-15-10-6-7-11-16(15)24-14-8-4-3-5-9-14/h3-11H,2,12-13H2,1H3,(H,19,20). The molecule has 0 saturated heterocycles. The molecule has 0 unspecified atom stereocenters. The van der Waals surface area contributed by atoms with Crippen LogP contribution in [0.1, 0.15) is 6.92 Å². The Morgan fingerprint density at radius 2 is 1.71 bits per heavy atom. The van der Waals surface area contributed by atoms with Crippen molar-refractivity contribution >= 4 is 29.3 Å². The molecule has 0 spiro atoms. The van der Waals surface area contributed by atoms with Crippen molar-refractivity contribution in [2.75, 3.05) is 25.1 Å². The smallest absolute Gasteiger partial charge is 0.332 e. The van der Waals surface area contributed by atoms with E-state index >= 15 is 0 Å². The van der Waals surface area contributed by atoms with Crippen molar-refractivity contribution in [2.45, 2.75) is 16.7 Å². The van der Waals surface area contributed by atoms with Crippen LogP contribution in [0.3, 0.4) is 0 Å². The molecule has 0 heterocycles. The summed E-state index contributed by atoms with van der Waals surface area (Å²) < 4.78 is 9.78. The zero-order chi connectivity index (χ0) is 17.2. The van der Waals surface area contributed by atoms with Crippen LogP contribution < -0.4 is 5.32 Å². The predicted molar refractivity (Wildman–Crippen MR) is 93.1 cm³/mol. The summed E-state index contributed by atoms with van der Waals surface area (Å²) in [6, 6.07) is 17.4. The van der Waals surface area contributed by atoms with E-state index in [1.54, 1.807) is 18.7 Å². The Balaban J connectivity index is 1.92. The molecule has 24 heavy (non-hydrogen) atoms. The minimum atomic E-state index is -0.557. The lowest BCUT2D eigenvalue weighted by Crippen LogP contribution is -2.23. The molecule has 1 N–H and O–H groups in total. The molecule has 0 fully saturated rings. The van der Waals surface area contributed by atoms with E-state index in [0.717, 1.165) is 9.79 Å². The van der Waals surface area contributed by atoms with Gasteiger partial charge in [-0.25, -0.2) is 4.79 Å². The van der Waals surface area contributed by atoms with Crippen LogP contribution in [0.4, 0.5) is 5.69 Å². The third-order valence-electron chi connectivity index (χ3n) is 2.92. The normalized spacial score (nSPS) is 10.2. The van der Waals surface area contributed by atoms with Crippen molar-refractivity contribution in [3.8, 4) is 0 Å². The quantitative estimate of drug-likeness (QED) is 0.743. The Kier molecular flexibility index (Phi) is 7.32. The molecule has 0 saturated carbocycles. The fraction of sp³-hybridized carbons (Fsp3) is 0.222. The van der Waals surface area contributed by atoms with Crippen molar-refractivity contribution in [1.29, 1.82) is 0 Å². The predicted octanol–water partition coefficient (Wildman–Crippen LogP) is 3.36. The van der Waals surface area contributed by atoms with E-state index in [4.69, 9.17) is 9.47 Å². The molecular weight excluding hydrogens is 326 g/mol. The van der Waals surface area contributed by atoms with Crippen LogP contribution >= 0.6 is 11.8 Å². The van der Waals surface area contributed by atoms with Crippen LogP contribution in [0.15, 0.2) is 64.4 Å². The molecule has 0 aliphatic carbocycles. The summed E-state index contributed by atoms with van der Waals surface area (Å²) in [5.74, 6) is -0.945. The van der Waals surface area contributed by atoms with E-state index in [2.05, 4.69) is 5.32 Å². The van der Waals surface area contributed by atoms with Gasteiger partial charge in [-0.15, -0.1) is 0 Å². The molecule has 0 aromatic heterocycles. The van der Waals surface area contributed by atoms with Crippen molar-refractivity contribution in [3.63, 3.8) is 0 Å². The van der Waals surface area contributed by atoms with Gasteiger partial charge in [-0.1, -0.05) is 42.1 Å². The van der Waals surface area contributed by atoms with Crippen molar-refractivity contribution in [1.82, 2.24) is 0 Å². The largest absolute Gasteiger partial charge is 0.454 e. The summed E-state index contributed by atoms with van der Waals surface area (Å²) in [5.41, 5.74) is 0.678. The summed E-state index contributed by atoms with van der Waals surface area (Å²) >= 11 is 1.55. The van der Waals surface area contributed by atoms with E-state index in [1.165, 1.54) is 0 Å². The number of esters is 1. The maximum Gasteiger partial charge on any atom is 0.332 e. The SMILES string of the molecule is CCOCC(=O)OCC(=O)Nc1ccccc1Sc1ccccc1. The molecule has 126 valence electrons. The average Bonchev–Trinajstić information content (AvgIpc) is 2.61. The van der Waals surface area contributed by atoms with Crippen LogP contribution in [-0.4, -0.2) is 31.7 Å².